The molecule has 5 rings (SSSR count). The molecule has 35 heavy (non-hydrogen) atoms. The van der Waals surface area contributed by atoms with Gasteiger partial charge in [-0.05, 0) is 35.6 Å². The number of fused-ring (bicyclic) bond motifs is 4. The van der Waals surface area contributed by atoms with Crippen LogP contribution in [0.3, 0.4) is 0 Å². The first kappa shape index (κ1) is 23.1. The van der Waals surface area contributed by atoms with Crippen LogP contribution < -0.4 is 5.32 Å². The van der Waals surface area contributed by atoms with Crippen molar-refractivity contribution in [2.24, 2.45) is 0 Å². The van der Waals surface area contributed by atoms with E-state index in [0.29, 0.717) is 25.0 Å². The van der Waals surface area contributed by atoms with Crippen LogP contribution in [0.15, 0.2) is 60.2 Å². The summed E-state index contributed by atoms with van der Waals surface area (Å²) in [6, 6.07) is 15.1. The van der Waals surface area contributed by atoms with Gasteiger partial charge < -0.3 is 24.8 Å². The van der Waals surface area contributed by atoms with Gasteiger partial charge in [-0.3, -0.25) is 4.79 Å². The summed E-state index contributed by atoms with van der Waals surface area (Å²) >= 11 is 0. The number of carbonyl (C=O) groups excluding carboxylic acids is 2. The number of nitrogens with one attached hydrogen (secondary N) is 1. The maximum atomic E-state index is 13.0. The molecule has 2 saturated heterocycles. The van der Waals surface area contributed by atoms with Crippen LogP contribution >= 0.6 is 0 Å². The van der Waals surface area contributed by atoms with Crippen molar-refractivity contribution in [1.82, 2.24) is 10.2 Å². The Kier molecular flexibility index (Phi) is 6.30. The molecule has 1 aliphatic carbocycles. The summed E-state index contributed by atoms with van der Waals surface area (Å²) in [4.78, 5) is 38.5. The van der Waals surface area contributed by atoms with Crippen LogP contribution in [0.5, 0.6) is 0 Å². The van der Waals surface area contributed by atoms with E-state index in [1.807, 2.05) is 24.3 Å². The van der Waals surface area contributed by atoms with Gasteiger partial charge in [-0.2, -0.15) is 0 Å². The molecule has 0 radical (unpaired) electrons. The minimum Gasteiger partial charge on any atom is -0.480 e. The summed E-state index contributed by atoms with van der Waals surface area (Å²) < 4.78 is 11.1. The molecular weight excluding hydrogens is 448 g/mol. The lowest BCUT2D eigenvalue weighted by Gasteiger charge is -2.27. The molecule has 0 aromatic heterocycles. The van der Waals surface area contributed by atoms with Gasteiger partial charge in [0.15, 0.2) is 0 Å². The van der Waals surface area contributed by atoms with Crippen molar-refractivity contribution in [1.29, 1.82) is 0 Å². The van der Waals surface area contributed by atoms with Crippen molar-refractivity contribution in [2.45, 2.75) is 43.9 Å². The molecule has 2 aliphatic heterocycles. The van der Waals surface area contributed by atoms with Gasteiger partial charge in [-0.15, -0.1) is 0 Å². The maximum Gasteiger partial charge on any atom is 0.407 e. The number of amides is 2. The molecule has 182 valence electrons. The van der Waals surface area contributed by atoms with Crippen LogP contribution in [0.4, 0.5) is 4.79 Å². The Hall–Kier alpha value is -3.65. The van der Waals surface area contributed by atoms with E-state index in [1.54, 1.807) is 13.0 Å². The zero-order chi connectivity index (χ0) is 24.5. The van der Waals surface area contributed by atoms with Gasteiger partial charge in [0.1, 0.15) is 12.6 Å². The summed E-state index contributed by atoms with van der Waals surface area (Å²) in [5.74, 6) is -1.40. The van der Waals surface area contributed by atoms with Gasteiger partial charge in [-0.25, -0.2) is 9.59 Å². The van der Waals surface area contributed by atoms with E-state index < -0.39 is 18.1 Å². The summed E-state index contributed by atoms with van der Waals surface area (Å²) in [5, 5.41) is 12.2. The summed E-state index contributed by atoms with van der Waals surface area (Å²) in [5.41, 5.74) is 4.96. The minimum atomic E-state index is -1.03. The number of hydrogen-bond acceptors (Lipinski definition) is 5. The highest BCUT2D eigenvalue weighted by molar-refractivity contribution is 5.96. The lowest BCUT2D eigenvalue weighted by Crippen LogP contribution is -2.45. The molecular formula is C27H28N2O6. The first-order valence-corrected chi connectivity index (χ1v) is 11.9. The van der Waals surface area contributed by atoms with E-state index >= 15 is 0 Å². The molecule has 2 fully saturated rings. The largest absolute Gasteiger partial charge is 0.480 e. The molecule has 8 heteroatoms. The predicted octanol–water partition coefficient (Wildman–Crippen LogP) is 3.31. The fourth-order valence-corrected chi connectivity index (χ4v) is 5.48. The van der Waals surface area contributed by atoms with E-state index in [9.17, 15) is 19.5 Å². The Morgan fingerprint density at radius 1 is 1.11 bits per heavy atom. The Labute approximate surface area is 203 Å². The predicted molar refractivity (Wildman–Crippen MR) is 128 cm³/mol. The number of nitrogens with zero attached hydrogens (tertiary/aromatic N) is 1. The van der Waals surface area contributed by atoms with E-state index in [1.165, 1.54) is 4.90 Å². The SMILES string of the molecule is C/C(=C\CNC(=O)OCC1c2ccccc2-c2ccccc21)C(=O)N1C(C(=O)O)C[C@H]2OCC[C@H]21. The maximum absolute atomic E-state index is 13.0. The van der Waals surface area contributed by atoms with Crippen LogP contribution in [-0.2, 0) is 19.1 Å². The number of ether oxygens (including phenoxy) is 2. The topological polar surface area (TPSA) is 105 Å². The zero-order valence-electron chi connectivity index (χ0n) is 19.5. The number of carbonyl (C=O) groups is 3. The van der Waals surface area contributed by atoms with E-state index in [2.05, 4.69) is 29.6 Å². The number of alkyl carbamates (subject to hydrolysis) is 1. The Balaban J connectivity index is 1.17. The second kappa shape index (κ2) is 9.54. The summed E-state index contributed by atoms with van der Waals surface area (Å²) in [6.07, 6.45) is 1.72. The van der Waals surface area contributed by atoms with Crippen LogP contribution in [0, 0.1) is 0 Å². The molecule has 2 aromatic rings. The second-order valence-electron chi connectivity index (χ2n) is 9.16. The number of carboxylic acids is 1. The highest BCUT2D eigenvalue weighted by atomic mass is 16.5. The number of hydrogen-bond donors (Lipinski definition) is 2. The molecule has 2 N–H and O–H groups in total. The number of benzene rings is 2. The third-order valence-electron chi connectivity index (χ3n) is 7.18. The van der Waals surface area contributed by atoms with Gasteiger partial charge in [0, 0.05) is 31.1 Å². The van der Waals surface area contributed by atoms with Crippen molar-refractivity contribution < 1.29 is 29.0 Å². The molecule has 2 amide bonds. The first-order valence-electron chi connectivity index (χ1n) is 11.9. The molecule has 2 aromatic carbocycles. The summed E-state index contributed by atoms with van der Waals surface area (Å²) in [6.45, 7) is 2.46. The average Bonchev–Trinajstić information content (AvgIpc) is 3.54. The fourth-order valence-electron chi connectivity index (χ4n) is 5.48. The van der Waals surface area contributed by atoms with Crippen LogP contribution in [0.25, 0.3) is 11.1 Å². The smallest absolute Gasteiger partial charge is 0.407 e. The highest BCUT2D eigenvalue weighted by Gasteiger charge is 2.50. The highest BCUT2D eigenvalue weighted by Crippen LogP contribution is 2.44. The number of likely N-dealkylation sites (tertiary alicyclic amines) is 1. The van der Waals surface area contributed by atoms with Gasteiger partial charge in [0.2, 0.25) is 5.91 Å². The van der Waals surface area contributed by atoms with Gasteiger partial charge in [0.25, 0.3) is 0 Å². The molecule has 0 bridgehead atoms. The molecule has 3 atom stereocenters. The second-order valence-corrected chi connectivity index (χ2v) is 9.16. The minimum absolute atomic E-state index is 0.0308. The van der Waals surface area contributed by atoms with Crippen molar-refractivity contribution in [3.8, 4) is 11.1 Å². The van der Waals surface area contributed by atoms with E-state index in [0.717, 1.165) is 22.3 Å². The monoisotopic (exact) mass is 476 g/mol. The lowest BCUT2D eigenvalue weighted by molar-refractivity contribution is -0.148. The molecule has 1 unspecified atom stereocenters. The number of aliphatic carboxylic acids is 1. The standard InChI is InChI=1S/C27H28N2O6/c1-16(25(30)29-22-11-13-34-24(22)14-23(29)26(31)32)10-12-28-27(33)35-15-21-19-8-4-2-6-17(19)18-7-3-5-9-20(18)21/h2-10,21-24H,11-15H2,1H3,(H,28,33)(H,31,32)/b16-10+/t22-,23?,24-/m1/s1. The third-order valence-corrected chi connectivity index (χ3v) is 7.18. The molecule has 3 aliphatic rings. The van der Waals surface area contributed by atoms with Crippen molar-refractivity contribution in [2.75, 3.05) is 19.8 Å². The Bertz CT molecular complexity index is 1150. The Morgan fingerprint density at radius 3 is 2.43 bits per heavy atom. The van der Waals surface area contributed by atoms with E-state index in [4.69, 9.17) is 9.47 Å². The van der Waals surface area contributed by atoms with Crippen molar-refractivity contribution in [3.05, 3.63) is 71.3 Å². The van der Waals surface area contributed by atoms with Crippen molar-refractivity contribution >= 4 is 18.0 Å². The Morgan fingerprint density at radius 2 is 1.77 bits per heavy atom. The molecule has 2 heterocycles. The lowest BCUT2D eigenvalue weighted by atomic mass is 9.98. The molecule has 0 saturated carbocycles. The van der Waals surface area contributed by atoms with Gasteiger partial charge in [0.05, 0.1) is 12.1 Å². The number of carboxylic acid groups (broad SMARTS) is 1. The normalized spacial score (nSPS) is 22.9. The van der Waals surface area contributed by atoms with Crippen LogP contribution in [-0.4, -0.2) is 65.9 Å². The summed E-state index contributed by atoms with van der Waals surface area (Å²) in [7, 11) is 0. The van der Waals surface area contributed by atoms with Gasteiger partial charge >= 0.3 is 12.1 Å². The fraction of sp³-hybridized carbons (Fsp3) is 0.370. The molecule has 0 spiro atoms. The van der Waals surface area contributed by atoms with Gasteiger partial charge in [-0.1, -0.05) is 54.6 Å². The first-order chi connectivity index (χ1) is 17.0. The van der Waals surface area contributed by atoms with E-state index in [-0.39, 0.29) is 37.1 Å². The van der Waals surface area contributed by atoms with Crippen LogP contribution in [0.2, 0.25) is 0 Å². The third kappa shape index (κ3) is 4.30. The molecule has 8 nitrogen and oxygen atoms in total. The van der Waals surface area contributed by atoms with Crippen LogP contribution in [0.1, 0.15) is 36.8 Å². The number of rotatable bonds is 6. The average molecular weight is 477 g/mol. The zero-order valence-corrected chi connectivity index (χ0v) is 19.5. The van der Waals surface area contributed by atoms with Crippen molar-refractivity contribution in [3.63, 3.8) is 0 Å². The quantitative estimate of drug-likeness (QED) is 0.620.